The van der Waals surface area contributed by atoms with Crippen LogP contribution < -0.4 is 14.8 Å². The molecule has 0 aliphatic heterocycles. The zero-order valence-corrected chi connectivity index (χ0v) is 18.1. The van der Waals surface area contributed by atoms with Crippen molar-refractivity contribution in [3.63, 3.8) is 0 Å². The first kappa shape index (κ1) is 21.4. The first-order valence-corrected chi connectivity index (χ1v) is 10.4. The van der Waals surface area contributed by atoms with Gasteiger partial charge in [0.05, 0.1) is 7.11 Å². The van der Waals surface area contributed by atoms with E-state index in [2.05, 4.69) is 5.32 Å². The number of carbonyl (C=O) groups excluding carboxylic acids is 1. The highest BCUT2D eigenvalue weighted by Crippen LogP contribution is 2.32. The molecule has 0 saturated heterocycles. The molecule has 2 N–H and O–H groups in total. The van der Waals surface area contributed by atoms with E-state index >= 15 is 0 Å². The van der Waals surface area contributed by atoms with Crippen LogP contribution in [0.4, 0.5) is 0 Å². The van der Waals surface area contributed by atoms with Gasteiger partial charge in [-0.25, -0.2) is 4.79 Å². The Balaban J connectivity index is 1.54. The number of carbonyl (C=O) groups is 2. The minimum absolute atomic E-state index is 0.247. The number of hydrogen-bond acceptors (Lipinski definition) is 4. The number of hydrogen-bond donors (Lipinski definition) is 2. The molecule has 1 aliphatic rings. The van der Waals surface area contributed by atoms with E-state index in [0.717, 1.165) is 22.3 Å². The average molecular weight is 431 g/mol. The van der Waals surface area contributed by atoms with Gasteiger partial charge in [0.1, 0.15) is 12.1 Å². The summed E-state index contributed by atoms with van der Waals surface area (Å²) in [5.41, 5.74) is 2.93. The zero-order valence-electron chi connectivity index (χ0n) is 18.1. The van der Waals surface area contributed by atoms with E-state index in [1.807, 2.05) is 55.5 Å². The van der Waals surface area contributed by atoms with Crippen molar-refractivity contribution in [3.8, 4) is 11.5 Å². The summed E-state index contributed by atoms with van der Waals surface area (Å²) in [6.07, 6.45) is 0.494. The molecule has 32 heavy (non-hydrogen) atoms. The van der Waals surface area contributed by atoms with Crippen molar-refractivity contribution in [3.05, 3.63) is 94.5 Å². The molecule has 0 radical (unpaired) electrons. The standard InChI is InChI=1S/C26H25NO5/c1-17-6-5-7-18(12-17)16-32-23-13-19(10-11-22(23)31-2)24(28)27-26(25(29)30)14-20-8-3-4-9-21(20)15-26/h3-13H,14-16H2,1-2H3,(H,27,28)(H,29,30). The largest absolute Gasteiger partial charge is 0.493 e. The molecular weight excluding hydrogens is 406 g/mol. The number of methoxy groups -OCH3 is 1. The van der Waals surface area contributed by atoms with Crippen molar-refractivity contribution in [2.24, 2.45) is 0 Å². The van der Waals surface area contributed by atoms with Crippen molar-refractivity contribution in [2.75, 3.05) is 7.11 Å². The smallest absolute Gasteiger partial charge is 0.330 e. The maximum Gasteiger partial charge on any atom is 0.330 e. The van der Waals surface area contributed by atoms with E-state index in [1.165, 1.54) is 7.11 Å². The summed E-state index contributed by atoms with van der Waals surface area (Å²) in [6.45, 7) is 2.33. The maximum atomic E-state index is 13.1. The number of rotatable bonds is 7. The highest BCUT2D eigenvalue weighted by Gasteiger charge is 2.45. The number of carboxylic acids is 1. The predicted molar refractivity (Wildman–Crippen MR) is 120 cm³/mol. The van der Waals surface area contributed by atoms with Gasteiger partial charge in [0, 0.05) is 18.4 Å². The molecule has 0 saturated carbocycles. The lowest BCUT2D eigenvalue weighted by atomic mass is 9.95. The molecule has 0 unspecified atom stereocenters. The third-order valence-corrected chi connectivity index (χ3v) is 5.77. The summed E-state index contributed by atoms with van der Waals surface area (Å²) >= 11 is 0. The van der Waals surface area contributed by atoms with E-state index in [9.17, 15) is 14.7 Å². The van der Waals surface area contributed by atoms with E-state index in [-0.39, 0.29) is 12.8 Å². The summed E-state index contributed by atoms with van der Waals surface area (Å²) in [4.78, 5) is 25.2. The number of nitrogens with one attached hydrogen (secondary N) is 1. The lowest BCUT2D eigenvalue weighted by molar-refractivity contribution is -0.144. The van der Waals surface area contributed by atoms with Crippen molar-refractivity contribution in [2.45, 2.75) is 31.9 Å². The molecule has 164 valence electrons. The van der Waals surface area contributed by atoms with Crippen LogP contribution >= 0.6 is 0 Å². The molecule has 4 rings (SSSR count). The molecular formula is C26H25NO5. The fourth-order valence-electron chi connectivity index (χ4n) is 4.09. The summed E-state index contributed by atoms with van der Waals surface area (Å²) < 4.78 is 11.3. The molecule has 0 heterocycles. The van der Waals surface area contributed by atoms with Crippen LogP contribution in [-0.2, 0) is 24.2 Å². The molecule has 6 heteroatoms. The zero-order chi connectivity index (χ0) is 22.7. The molecule has 0 atom stereocenters. The van der Waals surface area contributed by atoms with Gasteiger partial charge >= 0.3 is 5.97 Å². The molecule has 3 aromatic rings. The number of carboxylic acid groups (broad SMARTS) is 1. The van der Waals surface area contributed by atoms with Crippen LogP contribution in [0.2, 0.25) is 0 Å². The second kappa shape index (κ2) is 8.75. The van der Waals surface area contributed by atoms with E-state index < -0.39 is 17.4 Å². The molecule has 3 aromatic carbocycles. The van der Waals surface area contributed by atoms with Crippen molar-refractivity contribution < 1.29 is 24.2 Å². The van der Waals surface area contributed by atoms with E-state index in [0.29, 0.717) is 23.7 Å². The second-order valence-electron chi connectivity index (χ2n) is 8.11. The van der Waals surface area contributed by atoms with Crippen molar-refractivity contribution in [1.29, 1.82) is 0 Å². The van der Waals surface area contributed by atoms with Gasteiger partial charge in [-0.05, 0) is 41.8 Å². The number of aryl methyl sites for hydroxylation is 1. The topological polar surface area (TPSA) is 84.9 Å². The maximum absolute atomic E-state index is 13.1. The molecule has 0 spiro atoms. The van der Waals surface area contributed by atoms with Gasteiger partial charge in [-0.2, -0.15) is 0 Å². The molecule has 1 aliphatic carbocycles. The third kappa shape index (κ3) is 4.30. The van der Waals surface area contributed by atoms with Crippen molar-refractivity contribution >= 4 is 11.9 Å². The summed E-state index contributed by atoms with van der Waals surface area (Å²) in [6, 6.07) is 20.3. The van der Waals surface area contributed by atoms with Crippen LogP contribution in [0.3, 0.4) is 0 Å². The fraction of sp³-hybridized carbons (Fsp3) is 0.231. The van der Waals surface area contributed by atoms with E-state index in [4.69, 9.17) is 9.47 Å². The quantitative estimate of drug-likeness (QED) is 0.592. The number of benzene rings is 3. The lowest BCUT2D eigenvalue weighted by Crippen LogP contribution is -2.55. The Bertz CT molecular complexity index is 1150. The van der Waals surface area contributed by atoms with Gasteiger partial charge in [0.15, 0.2) is 11.5 Å². The van der Waals surface area contributed by atoms with Crippen LogP contribution in [0.1, 0.15) is 32.6 Å². The van der Waals surface area contributed by atoms with Gasteiger partial charge in [-0.15, -0.1) is 0 Å². The summed E-state index contributed by atoms with van der Waals surface area (Å²) in [5.74, 6) is -0.606. The first-order chi connectivity index (χ1) is 15.4. The lowest BCUT2D eigenvalue weighted by Gasteiger charge is -2.25. The van der Waals surface area contributed by atoms with Crippen LogP contribution in [0, 0.1) is 6.92 Å². The SMILES string of the molecule is COc1ccc(C(=O)NC2(C(=O)O)Cc3ccccc3C2)cc1OCc1cccc(C)c1. The Morgan fingerprint density at radius 3 is 2.31 bits per heavy atom. The highest BCUT2D eigenvalue weighted by atomic mass is 16.5. The monoisotopic (exact) mass is 431 g/mol. The van der Waals surface area contributed by atoms with Crippen LogP contribution in [0.15, 0.2) is 66.7 Å². The minimum atomic E-state index is -1.37. The fourth-order valence-corrected chi connectivity index (χ4v) is 4.09. The Hall–Kier alpha value is -3.80. The minimum Gasteiger partial charge on any atom is -0.493 e. The molecule has 0 fully saturated rings. The van der Waals surface area contributed by atoms with Gasteiger partial charge in [-0.3, -0.25) is 4.79 Å². The van der Waals surface area contributed by atoms with Gasteiger partial charge in [0.25, 0.3) is 5.91 Å². The number of fused-ring (bicyclic) bond motifs is 1. The Labute approximate surface area is 186 Å². The van der Waals surface area contributed by atoms with Crippen LogP contribution in [0.25, 0.3) is 0 Å². The van der Waals surface area contributed by atoms with Crippen LogP contribution in [-0.4, -0.2) is 29.6 Å². The normalized spacial score (nSPS) is 13.8. The highest BCUT2D eigenvalue weighted by molar-refractivity contribution is 5.99. The predicted octanol–water partition coefficient (Wildman–Crippen LogP) is 3.93. The molecule has 0 aromatic heterocycles. The summed E-state index contributed by atoms with van der Waals surface area (Å²) in [7, 11) is 1.53. The van der Waals surface area contributed by atoms with Crippen molar-refractivity contribution in [1.82, 2.24) is 5.32 Å². The number of ether oxygens (including phenoxy) is 2. The summed E-state index contributed by atoms with van der Waals surface area (Å²) in [5, 5.41) is 12.7. The average Bonchev–Trinajstić information content (AvgIpc) is 3.17. The van der Waals surface area contributed by atoms with Crippen LogP contribution in [0.5, 0.6) is 11.5 Å². The Kier molecular flexibility index (Phi) is 5.86. The molecule has 1 amide bonds. The Morgan fingerprint density at radius 1 is 0.969 bits per heavy atom. The van der Waals surface area contributed by atoms with Gasteiger partial charge in [0.2, 0.25) is 0 Å². The second-order valence-corrected chi connectivity index (χ2v) is 8.11. The number of aliphatic carboxylic acids is 1. The Morgan fingerprint density at radius 2 is 1.69 bits per heavy atom. The third-order valence-electron chi connectivity index (χ3n) is 5.77. The van der Waals surface area contributed by atoms with Gasteiger partial charge < -0.3 is 19.9 Å². The van der Waals surface area contributed by atoms with Gasteiger partial charge in [-0.1, -0.05) is 54.1 Å². The number of amides is 1. The molecule has 0 bridgehead atoms. The molecule has 6 nitrogen and oxygen atoms in total. The first-order valence-electron chi connectivity index (χ1n) is 10.4. The van der Waals surface area contributed by atoms with E-state index in [1.54, 1.807) is 18.2 Å².